The largest absolute Gasteiger partial charge is 0.314 e. The summed E-state index contributed by atoms with van der Waals surface area (Å²) >= 11 is 0. The molecule has 0 radical (unpaired) electrons. The molecule has 0 unspecified atom stereocenters. The minimum absolute atomic E-state index is 0.880. The normalized spacial score (nSPS) is 22.9. The second-order valence-electron chi connectivity index (χ2n) is 5.04. The lowest BCUT2D eigenvalue weighted by molar-refractivity contribution is 0.287. The molecule has 1 N–H and O–H groups in total. The minimum atomic E-state index is 0.880. The predicted molar refractivity (Wildman–Crippen MR) is 65.1 cm³/mol. The molecule has 2 aliphatic rings. The molecule has 2 nitrogen and oxygen atoms in total. The van der Waals surface area contributed by atoms with E-state index in [0.717, 1.165) is 6.04 Å². The summed E-state index contributed by atoms with van der Waals surface area (Å²) in [5.41, 5.74) is 1.57. The maximum absolute atomic E-state index is 3.57. The molecule has 0 aromatic rings. The number of hydrogen-bond donors (Lipinski definition) is 1. The van der Waals surface area contributed by atoms with Crippen LogP contribution in [-0.2, 0) is 0 Å². The van der Waals surface area contributed by atoms with Crippen LogP contribution in [0.3, 0.4) is 0 Å². The first-order chi connectivity index (χ1) is 7.34. The summed E-state index contributed by atoms with van der Waals surface area (Å²) < 4.78 is 0. The van der Waals surface area contributed by atoms with Crippen LogP contribution < -0.4 is 5.32 Å². The van der Waals surface area contributed by atoms with Crippen LogP contribution >= 0.6 is 0 Å². The standard InChI is InChI=1S/C13H24N2/c1-12-6-10-15(11-7-12)9-3-2-8-14-13-4-5-13/h6,13-14H,2-5,7-11H2,1H3. The highest BCUT2D eigenvalue weighted by Gasteiger charge is 2.19. The highest BCUT2D eigenvalue weighted by Crippen LogP contribution is 2.18. The van der Waals surface area contributed by atoms with Crippen LogP contribution in [0.2, 0.25) is 0 Å². The van der Waals surface area contributed by atoms with E-state index in [4.69, 9.17) is 0 Å². The van der Waals surface area contributed by atoms with Gasteiger partial charge in [0.05, 0.1) is 0 Å². The molecule has 1 aliphatic carbocycles. The zero-order valence-corrected chi connectivity index (χ0v) is 9.97. The van der Waals surface area contributed by atoms with Gasteiger partial charge in [0.15, 0.2) is 0 Å². The van der Waals surface area contributed by atoms with Crippen molar-refractivity contribution in [1.82, 2.24) is 10.2 Å². The number of unbranched alkanes of at least 4 members (excludes halogenated alkanes) is 1. The fourth-order valence-electron chi connectivity index (χ4n) is 2.07. The Morgan fingerprint density at radius 3 is 2.93 bits per heavy atom. The summed E-state index contributed by atoms with van der Waals surface area (Å²) in [6, 6.07) is 0.880. The van der Waals surface area contributed by atoms with Crippen molar-refractivity contribution in [2.45, 2.75) is 45.1 Å². The highest BCUT2D eigenvalue weighted by atomic mass is 15.1. The summed E-state index contributed by atoms with van der Waals surface area (Å²) in [6.45, 7) is 7.22. The third-order valence-electron chi connectivity index (χ3n) is 3.43. The van der Waals surface area contributed by atoms with Crippen LogP contribution in [0.4, 0.5) is 0 Å². The van der Waals surface area contributed by atoms with Crippen LogP contribution in [0, 0.1) is 0 Å². The molecule has 0 saturated heterocycles. The van der Waals surface area contributed by atoms with Crippen LogP contribution in [-0.4, -0.2) is 37.1 Å². The maximum atomic E-state index is 3.57. The number of nitrogens with zero attached hydrogens (tertiary/aromatic N) is 1. The molecular weight excluding hydrogens is 184 g/mol. The van der Waals surface area contributed by atoms with Crippen LogP contribution in [0.5, 0.6) is 0 Å². The molecule has 86 valence electrons. The van der Waals surface area contributed by atoms with Crippen molar-refractivity contribution < 1.29 is 0 Å². The van der Waals surface area contributed by atoms with Crippen molar-refractivity contribution >= 4 is 0 Å². The Labute approximate surface area is 93.7 Å². The van der Waals surface area contributed by atoms with Crippen molar-refractivity contribution in [3.63, 3.8) is 0 Å². The second-order valence-corrected chi connectivity index (χ2v) is 5.04. The Bertz CT molecular complexity index is 219. The average Bonchev–Trinajstić information content (AvgIpc) is 3.04. The molecule has 1 heterocycles. The molecule has 0 aromatic carbocycles. The molecule has 2 rings (SSSR count). The summed E-state index contributed by atoms with van der Waals surface area (Å²) in [6.07, 6.45) is 9.18. The monoisotopic (exact) mass is 208 g/mol. The summed E-state index contributed by atoms with van der Waals surface area (Å²) in [5, 5.41) is 3.57. The average molecular weight is 208 g/mol. The van der Waals surface area contributed by atoms with Crippen molar-refractivity contribution in [2.75, 3.05) is 26.2 Å². The van der Waals surface area contributed by atoms with Gasteiger partial charge in [-0.1, -0.05) is 11.6 Å². The van der Waals surface area contributed by atoms with Gasteiger partial charge in [-0.05, 0) is 52.1 Å². The van der Waals surface area contributed by atoms with E-state index in [-0.39, 0.29) is 0 Å². The van der Waals surface area contributed by atoms with Gasteiger partial charge in [0, 0.05) is 19.1 Å². The topological polar surface area (TPSA) is 15.3 Å². The third-order valence-corrected chi connectivity index (χ3v) is 3.43. The molecule has 1 fully saturated rings. The first-order valence-corrected chi connectivity index (χ1v) is 6.46. The Morgan fingerprint density at radius 1 is 1.40 bits per heavy atom. The molecule has 0 aromatic heterocycles. The van der Waals surface area contributed by atoms with Crippen LogP contribution in [0.1, 0.15) is 39.0 Å². The van der Waals surface area contributed by atoms with Gasteiger partial charge >= 0.3 is 0 Å². The summed E-state index contributed by atoms with van der Waals surface area (Å²) in [7, 11) is 0. The Hall–Kier alpha value is -0.340. The lowest BCUT2D eigenvalue weighted by Gasteiger charge is -2.25. The molecule has 15 heavy (non-hydrogen) atoms. The zero-order chi connectivity index (χ0) is 10.5. The molecule has 0 amide bonds. The van der Waals surface area contributed by atoms with E-state index >= 15 is 0 Å². The summed E-state index contributed by atoms with van der Waals surface area (Å²) in [5.74, 6) is 0. The number of rotatable bonds is 6. The fourth-order valence-corrected chi connectivity index (χ4v) is 2.07. The Balaban J connectivity index is 1.46. The Kier molecular flexibility index (Phi) is 4.21. The smallest absolute Gasteiger partial charge is 0.0165 e. The number of hydrogen-bond acceptors (Lipinski definition) is 2. The fraction of sp³-hybridized carbons (Fsp3) is 0.846. The van der Waals surface area contributed by atoms with E-state index in [9.17, 15) is 0 Å². The molecule has 0 bridgehead atoms. The molecule has 0 spiro atoms. The van der Waals surface area contributed by atoms with E-state index in [1.165, 1.54) is 58.3 Å². The lowest BCUT2D eigenvalue weighted by atomic mass is 10.1. The van der Waals surface area contributed by atoms with Gasteiger partial charge in [0.1, 0.15) is 0 Å². The zero-order valence-electron chi connectivity index (χ0n) is 9.97. The van der Waals surface area contributed by atoms with Gasteiger partial charge in [-0.25, -0.2) is 0 Å². The van der Waals surface area contributed by atoms with E-state index in [2.05, 4.69) is 23.2 Å². The predicted octanol–water partition coefficient (Wildman–Crippen LogP) is 2.17. The van der Waals surface area contributed by atoms with Gasteiger partial charge in [0.25, 0.3) is 0 Å². The van der Waals surface area contributed by atoms with E-state index in [0.29, 0.717) is 0 Å². The minimum Gasteiger partial charge on any atom is -0.314 e. The van der Waals surface area contributed by atoms with Crippen LogP contribution in [0.25, 0.3) is 0 Å². The van der Waals surface area contributed by atoms with E-state index < -0.39 is 0 Å². The SMILES string of the molecule is CC1=CCN(CCCCNC2CC2)CC1. The summed E-state index contributed by atoms with van der Waals surface area (Å²) in [4.78, 5) is 2.57. The van der Waals surface area contributed by atoms with Gasteiger partial charge in [-0.15, -0.1) is 0 Å². The maximum Gasteiger partial charge on any atom is 0.0165 e. The lowest BCUT2D eigenvalue weighted by Crippen LogP contribution is -2.30. The van der Waals surface area contributed by atoms with Gasteiger partial charge < -0.3 is 5.32 Å². The molecule has 1 saturated carbocycles. The first-order valence-electron chi connectivity index (χ1n) is 6.46. The van der Waals surface area contributed by atoms with E-state index in [1.54, 1.807) is 5.57 Å². The van der Waals surface area contributed by atoms with E-state index in [1.807, 2.05) is 0 Å². The van der Waals surface area contributed by atoms with Crippen LogP contribution in [0.15, 0.2) is 11.6 Å². The second kappa shape index (κ2) is 5.66. The molecule has 1 aliphatic heterocycles. The van der Waals surface area contributed by atoms with Gasteiger partial charge in [-0.3, -0.25) is 4.90 Å². The molecule has 0 atom stereocenters. The Morgan fingerprint density at radius 2 is 2.27 bits per heavy atom. The molecular formula is C13H24N2. The quantitative estimate of drug-likeness (QED) is 0.531. The van der Waals surface area contributed by atoms with Crippen molar-refractivity contribution in [2.24, 2.45) is 0 Å². The highest BCUT2D eigenvalue weighted by molar-refractivity contribution is 5.03. The molecule has 2 heteroatoms. The first kappa shape index (κ1) is 11.2. The number of nitrogens with one attached hydrogen (secondary N) is 1. The van der Waals surface area contributed by atoms with Gasteiger partial charge in [0.2, 0.25) is 0 Å². The van der Waals surface area contributed by atoms with Crippen molar-refractivity contribution in [3.05, 3.63) is 11.6 Å². The van der Waals surface area contributed by atoms with Crippen molar-refractivity contribution in [3.8, 4) is 0 Å². The van der Waals surface area contributed by atoms with Gasteiger partial charge in [-0.2, -0.15) is 0 Å². The third kappa shape index (κ3) is 4.35. The van der Waals surface area contributed by atoms with Crippen molar-refractivity contribution in [1.29, 1.82) is 0 Å².